The van der Waals surface area contributed by atoms with Gasteiger partial charge in [-0.05, 0) is 25.2 Å². The van der Waals surface area contributed by atoms with Crippen LogP contribution in [0, 0.1) is 5.92 Å². The van der Waals surface area contributed by atoms with Crippen molar-refractivity contribution in [3.63, 3.8) is 0 Å². The summed E-state index contributed by atoms with van der Waals surface area (Å²) in [4.78, 5) is 14.1. The number of ether oxygens (including phenoxy) is 2. The average molecular weight is 242 g/mol. The van der Waals surface area contributed by atoms with Crippen LogP contribution in [0.5, 0.6) is 0 Å². The minimum absolute atomic E-state index is 0.0800. The van der Waals surface area contributed by atoms with Gasteiger partial charge in [0.25, 0.3) is 0 Å². The number of carbonyl (C=O) groups excluding carboxylic acids is 1. The second kappa shape index (κ2) is 5.80. The molecular formula is C12H22N2O3. The highest BCUT2D eigenvalue weighted by Crippen LogP contribution is 2.21. The Labute approximate surface area is 102 Å². The largest absolute Gasteiger partial charge is 0.381 e. The molecule has 2 saturated heterocycles. The number of nitrogens with zero attached hydrogens (tertiary/aromatic N) is 1. The minimum atomic E-state index is -0.366. The molecule has 1 unspecified atom stereocenters. The predicted molar refractivity (Wildman–Crippen MR) is 63.5 cm³/mol. The highest BCUT2D eigenvalue weighted by Gasteiger charge is 2.33. The molecule has 0 spiro atoms. The van der Waals surface area contributed by atoms with Crippen LogP contribution in [0.4, 0.5) is 0 Å². The summed E-state index contributed by atoms with van der Waals surface area (Å²) in [6.45, 7) is 2.92. The molecule has 0 aromatic carbocycles. The van der Waals surface area contributed by atoms with Crippen LogP contribution in [-0.4, -0.2) is 56.4 Å². The molecule has 5 heteroatoms. The highest BCUT2D eigenvalue weighted by molar-refractivity contribution is 5.82. The lowest BCUT2D eigenvalue weighted by Crippen LogP contribution is -2.48. The van der Waals surface area contributed by atoms with Gasteiger partial charge < -0.3 is 20.1 Å². The Hall–Kier alpha value is -0.650. The van der Waals surface area contributed by atoms with Crippen molar-refractivity contribution in [2.24, 2.45) is 11.7 Å². The summed E-state index contributed by atoms with van der Waals surface area (Å²) < 4.78 is 10.6. The number of methoxy groups -OCH3 is 1. The fourth-order valence-corrected chi connectivity index (χ4v) is 2.61. The van der Waals surface area contributed by atoms with Gasteiger partial charge in [-0.3, -0.25) is 4.79 Å². The summed E-state index contributed by atoms with van der Waals surface area (Å²) in [5.74, 6) is 0.356. The molecule has 0 radical (unpaired) electrons. The summed E-state index contributed by atoms with van der Waals surface area (Å²) in [7, 11) is 1.69. The first-order chi connectivity index (χ1) is 8.22. The second-order valence-electron chi connectivity index (χ2n) is 4.91. The van der Waals surface area contributed by atoms with Crippen molar-refractivity contribution in [3.8, 4) is 0 Å². The first kappa shape index (κ1) is 12.8. The summed E-state index contributed by atoms with van der Waals surface area (Å²) in [6.07, 6.45) is 2.90. The number of rotatable bonds is 3. The second-order valence-corrected chi connectivity index (χ2v) is 4.91. The third kappa shape index (κ3) is 2.97. The van der Waals surface area contributed by atoms with Gasteiger partial charge in [0.1, 0.15) is 0 Å². The molecule has 17 heavy (non-hydrogen) atoms. The van der Waals surface area contributed by atoms with Crippen molar-refractivity contribution in [2.75, 3.05) is 33.4 Å². The van der Waals surface area contributed by atoms with Gasteiger partial charge in [0, 0.05) is 33.4 Å². The molecule has 0 aliphatic carbocycles. The molecule has 98 valence electrons. The predicted octanol–water partition coefficient (Wildman–Crippen LogP) is -0.0124. The monoisotopic (exact) mass is 242 g/mol. The molecule has 0 bridgehead atoms. The van der Waals surface area contributed by atoms with Crippen molar-refractivity contribution in [1.29, 1.82) is 0 Å². The third-order valence-corrected chi connectivity index (χ3v) is 3.85. The molecule has 1 amide bonds. The lowest BCUT2D eigenvalue weighted by molar-refractivity contribution is -0.134. The van der Waals surface area contributed by atoms with Crippen LogP contribution >= 0.6 is 0 Å². The van der Waals surface area contributed by atoms with Gasteiger partial charge in [-0.1, -0.05) is 0 Å². The van der Waals surface area contributed by atoms with Gasteiger partial charge in [-0.2, -0.15) is 0 Å². The number of hydrogen-bond donors (Lipinski definition) is 1. The molecule has 0 aromatic heterocycles. The van der Waals surface area contributed by atoms with E-state index in [2.05, 4.69) is 0 Å². The van der Waals surface area contributed by atoms with E-state index in [1.165, 1.54) is 0 Å². The van der Waals surface area contributed by atoms with E-state index in [0.29, 0.717) is 6.54 Å². The fraction of sp³-hybridized carbons (Fsp3) is 0.917. The van der Waals surface area contributed by atoms with Crippen LogP contribution in [0.2, 0.25) is 0 Å². The molecule has 0 aromatic rings. The highest BCUT2D eigenvalue weighted by atomic mass is 16.5. The zero-order valence-corrected chi connectivity index (χ0v) is 10.4. The summed E-state index contributed by atoms with van der Waals surface area (Å²) in [5.41, 5.74) is 6.07. The number of likely N-dealkylation sites (tertiary alicyclic amines) is 1. The normalized spacial score (nSPS) is 28.4. The van der Waals surface area contributed by atoms with E-state index >= 15 is 0 Å². The Bertz CT molecular complexity index is 266. The molecule has 0 saturated carbocycles. The summed E-state index contributed by atoms with van der Waals surface area (Å²) in [6, 6.07) is -0.366. The van der Waals surface area contributed by atoms with E-state index in [1.807, 2.05) is 4.90 Å². The molecular weight excluding hydrogens is 220 g/mol. The first-order valence-corrected chi connectivity index (χ1v) is 6.37. The van der Waals surface area contributed by atoms with E-state index < -0.39 is 0 Å². The Balaban J connectivity index is 1.86. The number of hydrogen-bond acceptors (Lipinski definition) is 4. The van der Waals surface area contributed by atoms with Gasteiger partial charge in [-0.25, -0.2) is 0 Å². The number of carbonyl (C=O) groups is 1. The zero-order chi connectivity index (χ0) is 12.3. The summed E-state index contributed by atoms with van der Waals surface area (Å²) >= 11 is 0. The number of amides is 1. The first-order valence-electron chi connectivity index (χ1n) is 6.37. The standard InChI is InChI=1S/C12H22N2O3/c1-16-10-2-5-14(8-10)12(15)11(13)9-3-6-17-7-4-9/h9-11H,2-8,13H2,1H3/t10-,11?/m1/s1. The molecule has 2 rings (SSSR count). The Morgan fingerprint density at radius 3 is 2.71 bits per heavy atom. The van der Waals surface area contributed by atoms with Crippen LogP contribution in [0.25, 0.3) is 0 Å². The van der Waals surface area contributed by atoms with E-state index in [1.54, 1.807) is 7.11 Å². The molecule has 2 fully saturated rings. The Morgan fingerprint density at radius 1 is 1.41 bits per heavy atom. The Morgan fingerprint density at radius 2 is 2.12 bits per heavy atom. The third-order valence-electron chi connectivity index (χ3n) is 3.85. The smallest absolute Gasteiger partial charge is 0.239 e. The van der Waals surface area contributed by atoms with E-state index in [0.717, 1.165) is 39.0 Å². The quantitative estimate of drug-likeness (QED) is 0.756. The molecule has 2 aliphatic heterocycles. The maximum absolute atomic E-state index is 12.2. The zero-order valence-electron chi connectivity index (χ0n) is 10.4. The minimum Gasteiger partial charge on any atom is -0.381 e. The van der Waals surface area contributed by atoms with Crippen molar-refractivity contribution < 1.29 is 14.3 Å². The Kier molecular flexibility index (Phi) is 4.36. The van der Waals surface area contributed by atoms with E-state index in [9.17, 15) is 4.79 Å². The van der Waals surface area contributed by atoms with Crippen LogP contribution in [0.15, 0.2) is 0 Å². The van der Waals surface area contributed by atoms with Gasteiger partial charge in [0.15, 0.2) is 0 Å². The summed E-state index contributed by atoms with van der Waals surface area (Å²) in [5, 5.41) is 0. The van der Waals surface area contributed by atoms with Gasteiger partial charge in [-0.15, -0.1) is 0 Å². The lowest BCUT2D eigenvalue weighted by atomic mass is 9.91. The fourth-order valence-electron chi connectivity index (χ4n) is 2.61. The number of nitrogens with two attached hydrogens (primary N) is 1. The van der Waals surface area contributed by atoms with Crippen molar-refractivity contribution in [1.82, 2.24) is 4.90 Å². The average Bonchev–Trinajstić information content (AvgIpc) is 2.87. The molecule has 2 heterocycles. The molecule has 2 aliphatic rings. The lowest BCUT2D eigenvalue weighted by Gasteiger charge is -2.29. The van der Waals surface area contributed by atoms with Crippen molar-refractivity contribution >= 4 is 5.91 Å². The van der Waals surface area contributed by atoms with Gasteiger partial charge >= 0.3 is 0 Å². The van der Waals surface area contributed by atoms with Crippen molar-refractivity contribution in [3.05, 3.63) is 0 Å². The molecule has 2 N–H and O–H groups in total. The van der Waals surface area contributed by atoms with Crippen LogP contribution in [0.1, 0.15) is 19.3 Å². The maximum atomic E-state index is 12.2. The topological polar surface area (TPSA) is 64.8 Å². The maximum Gasteiger partial charge on any atom is 0.239 e. The SMILES string of the molecule is CO[C@@H]1CCN(C(=O)C(N)C2CCOCC2)C1. The molecule has 2 atom stereocenters. The van der Waals surface area contributed by atoms with Gasteiger partial charge in [0.2, 0.25) is 5.91 Å². The molecule has 5 nitrogen and oxygen atoms in total. The van der Waals surface area contributed by atoms with E-state index in [-0.39, 0.29) is 24.0 Å². The van der Waals surface area contributed by atoms with Gasteiger partial charge in [0.05, 0.1) is 12.1 Å². The van der Waals surface area contributed by atoms with E-state index in [4.69, 9.17) is 15.2 Å². The van der Waals surface area contributed by atoms with Crippen molar-refractivity contribution in [2.45, 2.75) is 31.4 Å². The van der Waals surface area contributed by atoms with Crippen LogP contribution in [-0.2, 0) is 14.3 Å². The van der Waals surface area contributed by atoms with Crippen LogP contribution < -0.4 is 5.73 Å². The van der Waals surface area contributed by atoms with Crippen LogP contribution in [0.3, 0.4) is 0 Å².